The summed E-state index contributed by atoms with van der Waals surface area (Å²) in [6.45, 7) is 2.95. The zero-order valence-corrected chi connectivity index (χ0v) is 5.11. The maximum atomic E-state index is 4.97. The van der Waals surface area contributed by atoms with Crippen LogP contribution in [0.1, 0.15) is 6.92 Å². The molecule has 5 nitrogen and oxygen atoms in total. The number of nitrogens with zero attached hydrogens (tertiary/aromatic N) is 4. The van der Waals surface area contributed by atoms with Crippen LogP contribution in [0, 0.1) is 6.33 Å². The van der Waals surface area contributed by atoms with Crippen LogP contribution < -0.4 is 0 Å². The van der Waals surface area contributed by atoms with Gasteiger partial charge in [0.15, 0.2) is 0 Å². The van der Waals surface area contributed by atoms with Gasteiger partial charge in [0, 0.05) is 6.61 Å². The molecule has 0 unspecified atom stereocenters. The molecule has 0 aliphatic carbocycles. The molecule has 0 fully saturated rings. The third-order valence-electron chi connectivity index (χ3n) is 0.771. The molecule has 49 valence electrons. The number of hydrogen-bond donors (Lipinski definition) is 0. The number of ether oxygens (including phenoxy) is 1. The summed E-state index contributed by atoms with van der Waals surface area (Å²) in [6, 6.07) is 0. The minimum absolute atomic E-state index is 0.378. The van der Waals surface area contributed by atoms with Gasteiger partial charge >= 0.3 is 0 Å². The number of hydrogen-bond acceptors (Lipinski definition) is 4. The van der Waals surface area contributed by atoms with Crippen molar-refractivity contribution >= 4 is 0 Å². The fourth-order valence-electron chi connectivity index (χ4n) is 0.392. The Balaban J connectivity index is 2.30. The number of tetrazole rings is 1. The molecule has 0 saturated heterocycles. The Bertz CT molecular complexity index is 150. The molecule has 0 saturated carbocycles. The van der Waals surface area contributed by atoms with Crippen molar-refractivity contribution in [2.75, 3.05) is 6.61 Å². The Hall–Kier alpha value is -0.970. The Morgan fingerprint density at radius 1 is 1.67 bits per heavy atom. The summed E-state index contributed by atoms with van der Waals surface area (Å²) in [5.74, 6) is 0. The Morgan fingerprint density at radius 3 is 3.11 bits per heavy atom. The van der Waals surface area contributed by atoms with Gasteiger partial charge in [-0.2, -0.15) is 4.68 Å². The summed E-state index contributed by atoms with van der Waals surface area (Å²) >= 11 is 0. The van der Waals surface area contributed by atoms with Gasteiger partial charge in [0.1, 0.15) is 6.73 Å². The van der Waals surface area contributed by atoms with Crippen molar-refractivity contribution in [2.24, 2.45) is 0 Å². The first kappa shape index (κ1) is 6.15. The third kappa shape index (κ3) is 1.77. The maximum Gasteiger partial charge on any atom is 0.223 e. The van der Waals surface area contributed by atoms with E-state index in [9.17, 15) is 0 Å². The van der Waals surface area contributed by atoms with Gasteiger partial charge < -0.3 is 4.74 Å². The van der Waals surface area contributed by atoms with Crippen LogP contribution in [-0.4, -0.2) is 26.8 Å². The van der Waals surface area contributed by atoms with Crippen molar-refractivity contribution in [3.63, 3.8) is 0 Å². The lowest BCUT2D eigenvalue weighted by molar-refractivity contribution is 0.0772. The monoisotopic (exact) mass is 127 g/mol. The highest BCUT2D eigenvalue weighted by atomic mass is 16.5. The SMILES string of the molecule is CCOCn1[c]nnn1. The molecule has 0 bridgehead atoms. The molecule has 1 heterocycles. The van der Waals surface area contributed by atoms with Crippen LogP contribution >= 0.6 is 0 Å². The van der Waals surface area contributed by atoms with Gasteiger partial charge in [0.2, 0.25) is 6.33 Å². The fourth-order valence-corrected chi connectivity index (χ4v) is 0.392. The van der Waals surface area contributed by atoms with Gasteiger partial charge in [-0.15, -0.1) is 5.10 Å². The molecular weight excluding hydrogens is 120 g/mol. The fraction of sp³-hybridized carbons (Fsp3) is 0.750. The Morgan fingerprint density at radius 2 is 2.56 bits per heavy atom. The van der Waals surface area contributed by atoms with E-state index in [0.717, 1.165) is 0 Å². The Kier molecular flexibility index (Phi) is 2.14. The standard InChI is InChI=1S/C4H7N4O/c1-2-9-4-8-3-5-6-7-8/h2,4H2,1H3. The number of rotatable bonds is 3. The maximum absolute atomic E-state index is 4.97. The molecule has 1 aromatic heterocycles. The third-order valence-corrected chi connectivity index (χ3v) is 0.771. The minimum Gasteiger partial charge on any atom is -0.359 e. The highest BCUT2D eigenvalue weighted by molar-refractivity contribution is 4.35. The lowest BCUT2D eigenvalue weighted by Crippen LogP contribution is -2.02. The lowest BCUT2D eigenvalue weighted by Gasteiger charge is -1.95. The normalized spacial score (nSPS) is 9.89. The number of aromatic nitrogens is 4. The highest BCUT2D eigenvalue weighted by Crippen LogP contribution is 1.77. The van der Waals surface area contributed by atoms with Gasteiger partial charge in [-0.25, -0.2) is 0 Å². The van der Waals surface area contributed by atoms with Crippen LogP contribution in [-0.2, 0) is 11.5 Å². The lowest BCUT2D eigenvalue weighted by atomic mass is 10.9. The van der Waals surface area contributed by atoms with Gasteiger partial charge in [0.25, 0.3) is 0 Å². The smallest absolute Gasteiger partial charge is 0.223 e. The second-order valence-corrected chi connectivity index (χ2v) is 1.40. The van der Waals surface area contributed by atoms with E-state index in [-0.39, 0.29) is 0 Å². The minimum atomic E-state index is 0.378. The van der Waals surface area contributed by atoms with Crippen LogP contribution in [0.3, 0.4) is 0 Å². The molecule has 0 aromatic carbocycles. The second kappa shape index (κ2) is 3.13. The van der Waals surface area contributed by atoms with Crippen LogP contribution in [0.15, 0.2) is 0 Å². The predicted octanol–water partition coefficient (Wildman–Crippen LogP) is -0.533. The van der Waals surface area contributed by atoms with Crippen molar-refractivity contribution in [3.8, 4) is 0 Å². The first-order valence-corrected chi connectivity index (χ1v) is 2.65. The zero-order valence-electron chi connectivity index (χ0n) is 5.11. The van der Waals surface area contributed by atoms with E-state index >= 15 is 0 Å². The zero-order chi connectivity index (χ0) is 6.53. The van der Waals surface area contributed by atoms with Gasteiger partial charge in [-0.3, -0.25) is 0 Å². The second-order valence-electron chi connectivity index (χ2n) is 1.40. The summed E-state index contributed by atoms with van der Waals surface area (Å²) in [5, 5.41) is 10.2. The molecule has 5 heteroatoms. The van der Waals surface area contributed by atoms with Crippen molar-refractivity contribution < 1.29 is 4.74 Å². The molecular formula is C4H7N4O. The van der Waals surface area contributed by atoms with Crippen LogP contribution in [0.25, 0.3) is 0 Å². The molecule has 1 rings (SSSR count). The molecule has 0 spiro atoms. The van der Waals surface area contributed by atoms with Gasteiger partial charge in [-0.1, -0.05) is 0 Å². The molecule has 0 aliphatic rings. The topological polar surface area (TPSA) is 52.8 Å². The van der Waals surface area contributed by atoms with E-state index in [1.165, 1.54) is 4.68 Å². The van der Waals surface area contributed by atoms with Crippen LogP contribution in [0.4, 0.5) is 0 Å². The summed E-state index contributed by atoms with van der Waals surface area (Å²) in [7, 11) is 0. The average Bonchev–Trinajstić information content (AvgIpc) is 2.34. The van der Waals surface area contributed by atoms with E-state index in [0.29, 0.717) is 13.3 Å². The van der Waals surface area contributed by atoms with E-state index in [1.54, 1.807) is 0 Å². The molecule has 0 N–H and O–H groups in total. The van der Waals surface area contributed by atoms with Gasteiger partial charge in [-0.05, 0) is 17.4 Å². The average molecular weight is 127 g/mol. The van der Waals surface area contributed by atoms with E-state index in [4.69, 9.17) is 4.74 Å². The molecule has 1 aromatic rings. The Labute approximate surface area is 52.6 Å². The summed E-state index contributed by atoms with van der Waals surface area (Å²) in [5.41, 5.74) is 0. The molecule has 9 heavy (non-hydrogen) atoms. The first-order valence-electron chi connectivity index (χ1n) is 2.65. The van der Waals surface area contributed by atoms with Crippen molar-refractivity contribution in [3.05, 3.63) is 6.33 Å². The van der Waals surface area contributed by atoms with Crippen LogP contribution in [0.5, 0.6) is 0 Å². The van der Waals surface area contributed by atoms with E-state index < -0.39 is 0 Å². The largest absolute Gasteiger partial charge is 0.359 e. The molecule has 0 atom stereocenters. The quantitative estimate of drug-likeness (QED) is 0.547. The van der Waals surface area contributed by atoms with Gasteiger partial charge in [0.05, 0.1) is 0 Å². The predicted molar refractivity (Wildman–Crippen MR) is 28.3 cm³/mol. The van der Waals surface area contributed by atoms with Crippen molar-refractivity contribution in [1.82, 2.24) is 20.2 Å². The van der Waals surface area contributed by atoms with E-state index in [1.807, 2.05) is 6.92 Å². The highest BCUT2D eigenvalue weighted by Gasteiger charge is 1.88. The van der Waals surface area contributed by atoms with E-state index in [2.05, 4.69) is 21.9 Å². The van der Waals surface area contributed by atoms with Crippen molar-refractivity contribution in [2.45, 2.75) is 13.7 Å². The van der Waals surface area contributed by atoms with Crippen LogP contribution in [0.2, 0.25) is 0 Å². The first-order chi connectivity index (χ1) is 4.43. The molecule has 1 radical (unpaired) electrons. The summed E-state index contributed by atoms with van der Waals surface area (Å²) in [6.07, 6.45) is 2.49. The molecule has 0 amide bonds. The summed E-state index contributed by atoms with van der Waals surface area (Å²) in [4.78, 5) is 0. The molecule has 0 aliphatic heterocycles. The summed E-state index contributed by atoms with van der Waals surface area (Å²) < 4.78 is 6.36. The van der Waals surface area contributed by atoms with Crippen molar-refractivity contribution in [1.29, 1.82) is 0 Å².